The minimum absolute atomic E-state index is 0.268. The van der Waals surface area contributed by atoms with Gasteiger partial charge >= 0.3 is 0 Å². The summed E-state index contributed by atoms with van der Waals surface area (Å²) in [7, 11) is 0. The van der Waals surface area contributed by atoms with E-state index in [1.165, 1.54) is 57.8 Å². The van der Waals surface area contributed by atoms with Crippen LogP contribution in [0.4, 0.5) is 0 Å². The molecule has 0 aromatic rings. The highest BCUT2D eigenvalue weighted by atomic mass is 16.7. The highest BCUT2D eigenvalue weighted by Gasteiger charge is 2.69. The number of hydrogen-bond donors (Lipinski definition) is 1. The average Bonchev–Trinajstić information content (AvgIpc) is 3.16. The van der Waals surface area contributed by atoms with Crippen LogP contribution in [0.25, 0.3) is 0 Å². The maximum atomic E-state index is 6.92. The van der Waals surface area contributed by atoms with Crippen LogP contribution < -0.4 is 5.73 Å². The van der Waals surface area contributed by atoms with Crippen LogP contribution in [0.5, 0.6) is 0 Å². The smallest absolute Gasteiger partial charge is 0.171 e. The molecule has 0 aromatic carbocycles. The maximum absolute atomic E-state index is 6.92. The molecule has 4 aliphatic carbocycles. The minimum atomic E-state index is -0.268. The number of fused-ring (bicyclic) bond motifs is 7. The standard InChI is InChI=1S/C27H45NO2/c1-16-7-12-27(29-15-16)17(2)24-23(30-27)14-22-20-6-5-18-13-19(28)8-10-25(18,3)21(20)9-11-26(22,24)4/h16-24H,5-15,28H2,1-4H3/t16-,17+,18+,19+,20+,21+,22+,23+,24+,25+,26+,27-/m1/s1. The van der Waals surface area contributed by atoms with E-state index in [1.54, 1.807) is 0 Å². The molecule has 6 rings (SSSR count). The maximum Gasteiger partial charge on any atom is 0.171 e. The van der Waals surface area contributed by atoms with Crippen molar-refractivity contribution < 1.29 is 9.47 Å². The second-order valence-corrected chi connectivity index (χ2v) is 13.2. The van der Waals surface area contributed by atoms with Crippen molar-refractivity contribution in [1.82, 2.24) is 0 Å². The van der Waals surface area contributed by atoms with Crippen molar-refractivity contribution in [1.29, 1.82) is 0 Å². The first kappa shape index (κ1) is 20.5. The molecule has 2 N–H and O–H groups in total. The monoisotopic (exact) mass is 415 g/mol. The molecular formula is C27H45NO2. The normalized spacial score (nSPS) is 62.5. The lowest BCUT2D eigenvalue weighted by molar-refractivity contribution is -0.273. The van der Waals surface area contributed by atoms with Gasteiger partial charge in [-0.25, -0.2) is 0 Å². The second-order valence-electron chi connectivity index (χ2n) is 13.2. The van der Waals surface area contributed by atoms with Crippen molar-refractivity contribution in [3.63, 3.8) is 0 Å². The predicted octanol–water partition coefficient (Wildman–Crippen LogP) is 5.76. The molecular weight excluding hydrogens is 370 g/mol. The Bertz CT molecular complexity index is 686. The minimum Gasteiger partial charge on any atom is -0.349 e. The molecule has 3 heteroatoms. The summed E-state index contributed by atoms with van der Waals surface area (Å²) in [5, 5.41) is 0. The molecule has 170 valence electrons. The van der Waals surface area contributed by atoms with Crippen LogP contribution in [-0.4, -0.2) is 24.5 Å². The van der Waals surface area contributed by atoms with E-state index in [0.29, 0.717) is 40.7 Å². The highest BCUT2D eigenvalue weighted by Crippen LogP contribution is 2.71. The van der Waals surface area contributed by atoms with Crippen molar-refractivity contribution in [2.75, 3.05) is 6.61 Å². The predicted molar refractivity (Wildman–Crippen MR) is 120 cm³/mol. The lowest BCUT2D eigenvalue weighted by atomic mass is 9.44. The van der Waals surface area contributed by atoms with E-state index in [4.69, 9.17) is 15.2 Å². The summed E-state index contributed by atoms with van der Waals surface area (Å²) in [4.78, 5) is 0. The van der Waals surface area contributed by atoms with Gasteiger partial charge in [0.25, 0.3) is 0 Å². The third-order valence-corrected chi connectivity index (χ3v) is 12.0. The Hall–Kier alpha value is -0.120. The van der Waals surface area contributed by atoms with Crippen molar-refractivity contribution in [3.8, 4) is 0 Å². The van der Waals surface area contributed by atoms with E-state index in [2.05, 4.69) is 27.7 Å². The Morgan fingerprint density at radius 1 is 0.833 bits per heavy atom. The fraction of sp³-hybridized carbons (Fsp3) is 1.00. The van der Waals surface area contributed by atoms with E-state index in [-0.39, 0.29) is 5.79 Å². The summed E-state index contributed by atoms with van der Waals surface area (Å²) in [6.07, 6.45) is 13.7. The average molecular weight is 416 g/mol. The molecule has 0 aromatic heterocycles. The zero-order valence-corrected chi connectivity index (χ0v) is 19.9. The highest BCUT2D eigenvalue weighted by molar-refractivity contribution is 5.15. The molecule has 0 unspecified atom stereocenters. The van der Waals surface area contributed by atoms with Gasteiger partial charge in [-0.05, 0) is 104 Å². The van der Waals surface area contributed by atoms with Crippen LogP contribution in [0, 0.1) is 52.3 Å². The van der Waals surface area contributed by atoms with Crippen LogP contribution in [-0.2, 0) is 9.47 Å². The Balaban J connectivity index is 1.26. The Morgan fingerprint density at radius 2 is 1.63 bits per heavy atom. The summed E-state index contributed by atoms with van der Waals surface area (Å²) in [6, 6.07) is 0.461. The molecule has 0 radical (unpaired) electrons. The molecule has 0 bridgehead atoms. The van der Waals surface area contributed by atoms with Crippen LogP contribution in [0.2, 0.25) is 0 Å². The molecule has 3 nitrogen and oxygen atoms in total. The first-order chi connectivity index (χ1) is 14.3. The van der Waals surface area contributed by atoms with Gasteiger partial charge in [-0.1, -0.05) is 27.7 Å². The van der Waals surface area contributed by atoms with Gasteiger partial charge < -0.3 is 15.2 Å². The summed E-state index contributed by atoms with van der Waals surface area (Å²) < 4.78 is 13.4. The Labute approximate surface area is 184 Å². The number of ether oxygens (including phenoxy) is 2. The fourth-order valence-corrected chi connectivity index (χ4v) is 10.3. The zero-order valence-electron chi connectivity index (χ0n) is 19.9. The molecule has 30 heavy (non-hydrogen) atoms. The van der Waals surface area contributed by atoms with Gasteiger partial charge in [-0.2, -0.15) is 0 Å². The second kappa shape index (κ2) is 6.70. The lowest BCUT2D eigenvalue weighted by Crippen LogP contribution is -2.55. The molecule has 2 aliphatic heterocycles. The van der Waals surface area contributed by atoms with Gasteiger partial charge in [-0.3, -0.25) is 0 Å². The molecule has 2 saturated heterocycles. The third kappa shape index (κ3) is 2.61. The molecule has 4 saturated carbocycles. The van der Waals surface area contributed by atoms with Gasteiger partial charge in [0.15, 0.2) is 5.79 Å². The largest absolute Gasteiger partial charge is 0.349 e. The van der Waals surface area contributed by atoms with E-state index in [0.717, 1.165) is 36.7 Å². The van der Waals surface area contributed by atoms with E-state index in [9.17, 15) is 0 Å². The summed E-state index contributed by atoms with van der Waals surface area (Å²) in [5.41, 5.74) is 7.40. The Kier molecular flexibility index (Phi) is 4.58. The SMILES string of the molecule is C[C@@H]1CC[C@@]2(OC1)O[C@H]1C[C@H]3[C@H]4CC[C@H]5C[C@@H](N)CC[C@]5(C)[C@H]4CC[C@]3(C)[C@H]1[C@@H]2C. The number of rotatable bonds is 0. The molecule has 12 atom stereocenters. The topological polar surface area (TPSA) is 44.5 Å². The zero-order chi connectivity index (χ0) is 20.9. The van der Waals surface area contributed by atoms with Crippen LogP contribution in [0.3, 0.4) is 0 Å². The molecule has 0 amide bonds. The summed E-state index contributed by atoms with van der Waals surface area (Å²) >= 11 is 0. The first-order valence-electron chi connectivity index (χ1n) is 13.3. The molecule has 6 fully saturated rings. The van der Waals surface area contributed by atoms with Gasteiger partial charge in [0, 0.05) is 18.4 Å². The fourth-order valence-electron chi connectivity index (χ4n) is 10.3. The summed E-state index contributed by atoms with van der Waals surface area (Å²) in [6.45, 7) is 11.0. The van der Waals surface area contributed by atoms with E-state index >= 15 is 0 Å². The third-order valence-electron chi connectivity index (χ3n) is 12.0. The summed E-state index contributed by atoms with van der Waals surface area (Å²) in [5.74, 6) is 5.25. The number of hydrogen-bond acceptors (Lipinski definition) is 3. The van der Waals surface area contributed by atoms with Gasteiger partial charge in [-0.15, -0.1) is 0 Å². The molecule has 1 spiro atoms. The van der Waals surface area contributed by atoms with Gasteiger partial charge in [0.05, 0.1) is 12.7 Å². The van der Waals surface area contributed by atoms with Crippen molar-refractivity contribution >= 4 is 0 Å². The number of nitrogens with two attached hydrogens (primary N) is 1. The van der Waals surface area contributed by atoms with E-state index < -0.39 is 0 Å². The quantitative estimate of drug-likeness (QED) is 0.547. The van der Waals surface area contributed by atoms with Crippen molar-refractivity contribution in [2.45, 2.75) is 110 Å². The lowest BCUT2D eigenvalue weighted by Gasteiger charge is -2.61. The van der Waals surface area contributed by atoms with Crippen molar-refractivity contribution in [3.05, 3.63) is 0 Å². The molecule has 2 heterocycles. The van der Waals surface area contributed by atoms with Crippen LogP contribution >= 0.6 is 0 Å². The Morgan fingerprint density at radius 3 is 2.40 bits per heavy atom. The van der Waals surface area contributed by atoms with Crippen molar-refractivity contribution in [2.24, 2.45) is 58.0 Å². The van der Waals surface area contributed by atoms with Gasteiger partial charge in [0.2, 0.25) is 0 Å². The first-order valence-corrected chi connectivity index (χ1v) is 13.3. The van der Waals surface area contributed by atoms with Crippen LogP contribution in [0.1, 0.15) is 91.9 Å². The van der Waals surface area contributed by atoms with Crippen LogP contribution in [0.15, 0.2) is 0 Å². The van der Waals surface area contributed by atoms with Gasteiger partial charge in [0.1, 0.15) is 0 Å². The molecule has 6 aliphatic rings. The van der Waals surface area contributed by atoms with E-state index in [1.807, 2.05) is 0 Å².